The molecule has 154 valence electrons. The number of hydrogen-bond acceptors (Lipinski definition) is 4. The molecule has 0 unspecified atom stereocenters. The molecule has 30 heavy (non-hydrogen) atoms. The minimum Gasteiger partial charge on any atom is -0.419 e. The molecule has 4 nitrogen and oxygen atoms in total. The number of ether oxygens (including phenoxy) is 2. The predicted octanol–water partition coefficient (Wildman–Crippen LogP) is 5.95. The minimum atomic E-state index is -0.485. The highest BCUT2D eigenvalue weighted by atomic mass is 16.6. The van der Waals surface area contributed by atoms with Crippen molar-refractivity contribution in [1.82, 2.24) is 0 Å². The van der Waals surface area contributed by atoms with Gasteiger partial charge in [0.25, 0.3) is 0 Å². The standard InChI is InChI=1S/C26H26O4/c1-4-12-21-17-18(3)23(29-25(27)19-13-8-6-9-14-19)24(22(21)5-2)30-26(28)20-15-10-7-11-16-20/h6-11,13-17H,4-5,12H2,1-3H3. The fraction of sp³-hybridized carbons (Fsp3) is 0.231. The zero-order valence-corrected chi connectivity index (χ0v) is 17.6. The van der Waals surface area contributed by atoms with E-state index in [1.54, 1.807) is 48.5 Å². The van der Waals surface area contributed by atoms with E-state index in [-0.39, 0.29) is 0 Å². The predicted molar refractivity (Wildman–Crippen MR) is 117 cm³/mol. The van der Waals surface area contributed by atoms with E-state index in [1.165, 1.54) is 0 Å². The van der Waals surface area contributed by atoms with Crippen LogP contribution in [0.2, 0.25) is 0 Å². The average Bonchev–Trinajstić information content (AvgIpc) is 2.77. The van der Waals surface area contributed by atoms with E-state index in [2.05, 4.69) is 6.92 Å². The lowest BCUT2D eigenvalue weighted by molar-refractivity contribution is 0.0680. The highest BCUT2D eigenvalue weighted by Gasteiger charge is 2.23. The number of rotatable bonds is 7. The maximum Gasteiger partial charge on any atom is 0.343 e. The Balaban J connectivity index is 2.05. The van der Waals surface area contributed by atoms with Gasteiger partial charge in [0.2, 0.25) is 0 Å². The van der Waals surface area contributed by atoms with Crippen molar-refractivity contribution in [3.05, 3.63) is 94.5 Å². The molecule has 0 aliphatic rings. The molecule has 3 aromatic rings. The summed E-state index contributed by atoms with van der Waals surface area (Å²) in [4.78, 5) is 25.5. The molecule has 0 amide bonds. The largest absolute Gasteiger partial charge is 0.419 e. The number of esters is 2. The van der Waals surface area contributed by atoms with Gasteiger partial charge >= 0.3 is 11.9 Å². The van der Waals surface area contributed by atoms with Crippen LogP contribution in [0.1, 0.15) is 57.7 Å². The van der Waals surface area contributed by atoms with E-state index in [9.17, 15) is 9.59 Å². The SMILES string of the molecule is CCCc1cc(C)c(OC(=O)c2ccccc2)c(OC(=O)c2ccccc2)c1CC. The first-order chi connectivity index (χ1) is 14.5. The van der Waals surface area contributed by atoms with Crippen LogP contribution >= 0.6 is 0 Å². The molecule has 0 N–H and O–H groups in total. The van der Waals surface area contributed by atoms with Crippen LogP contribution < -0.4 is 9.47 Å². The van der Waals surface area contributed by atoms with Crippen LogP contribution in [0.25, 0.3) is 0 Å². The Labute approximate surface area is 177 Å². The molecule has 0 aromatic heterocycles. The van der Waals surface area contributed by atoms with Crippen molar-refractivity contribution < 1.29 is 19.1 Å². The highest BCUT2D eigenvalue weighted by molar-refractivity contribution is 5.93. The maximum atomic E-state index is 12.8. The van der Waals surface area contributed by atoms with Crippen LogP contribution in [0.15, 0.2) is 66.7 Å². The van der Waals surface area contributed by atoms with Gasteiger partial charge in [0.05, 0.1) is 11.1 Å². The summed E-state index contributed by atoms with van der Waals surface area (Å²) in [6.45, 7) is 5.98. The molecular weight excluding hydrogens is 376 g/mol. The van der Waals surface area contributed by atoms with Crippen LogP contribution in [0.3, 0.4) is 0 Å². The zero-order chi connectivity index (χ0) is 21.5. The van der Waals surface area contributed by atoms with Crippen molar-refractivity contribution in [3.63, 3.8) is 0 Å². The quantitative estimate of drug-likeness (QED) is 0.362. The third kappa shape index (κ3) is 4.77. The van der Waals surface area contributed by atoms with Crippen molar-refractivity contribution in [2.45, 2.75) is 40.0 Å². The van der Waals surface area contributed by atoms with Gasteiger partial charge < -0.3 is 9.47 Å². The highest BCUT2D eigenvalue weighted by Crippen LogP contribution is 2.39. The van der Waals surface area contributed by atoms with Gasteiger partial charge in [0, 0.05) is 5.56 Å². The van der Waals surface area contributed by atoms with Gasteiger partial charge in [-0.1, -0.05) is 62.7 Å². The number of hydrogen-bond donors (Lipinski definition) is 0. The van der Waals surface area contributed by atoms with Gasteiger partial charge in [0.15, 0.2) is 11.5 Å². The summed E-state index contributed by atoms with van der Waals surface area (Å²) in [7, 11) is 0. The molecule has 0 heterocycles. The third-order valence-corrected chi connectivity index (χ3v) is 4.90. The summed E-state index contributed by atoms with van der Waals surface area (Å²) in [5.41, 5.74) is 3.64. The molecule has 0 atom stereocenters. The van der Waals surface area contributed by atoms with Gasteiger partial charge in [-0.15, -0.1) is 0 Å². The van der Waals surface area contributed by atoms with E-state index >= 15 is 0 Å². The molecule has 0 spiro atoms. The molecule has 3 aromatic carbocycles. The number of aryl methyl sites for hydroxylation is 2. The minimum absolute atomic E-state index is 0.296. The van der Waals surface area contributed by atoms with Crippen LogP contribution in [0, 0.1) is 6.92 Å². The second kappa shape index (κ2) is 9.88. The average molecular weight is 402 g/mol. The molecule has 0 fully saturated rings. The van der Waals surface area contributed by atoms with Crippen LogP contribution in [0.5, 0.6) is 11.5 Å². The molecule has 3 rings (SSSR count). The first kappa shape index (κ1) is 21.3. The van der Waals surface area contributed by atoms with Gasteiger partial charge in [-0.2, -0.15) is 0 Å². The van der Waals surface area contributed by atoms with Crippen molar-refractivity contribution in [2.75, 3.05) is 0 Å². The number of carbonyl (C=O) groups is 2. The van der Waals surface area contributed by atoms with Gasteiger partial charge in [-0.05, 0) is 55.2 Å². The summed E-state index contributed by atoms with van der Waals surface area (Å²) in [5, 5.41) is 0. The topological polar surface area (TPSA) is 52.6 Å². The molecule has 0 saturated carbocycles. The Morgan fingerprint density at radius 3 is 1.73 bits per heavy atom. The Morgan fingerprint density at radius 1 is 0.767 bits per heavy atom. The van der Waals surface area contributed by atoms with E-state index < -0.39 is 11.9 Å². The van der Waals surface area contributed by atoms with E-state index in [1.807, 2.05) is 32.0 Å². The third-order valence-electron chi connectivity index (χ3n) is 4.90. The Kier molecular flexibility index (Phi) is 7.02. The summed E-state index contributed by atoms with van der Waals surface area (Å²) < 4.78 is 11.6. The smallest absolute Gasteiger partial charge is 0.343 e. The van der Waals surface area contributed by atoms with Crippen molar-refractivity contribution in [2.24, 2.45) is 0 Å². The summed E-state index contributed by atoms with van der Waals surface area (Å²) in [6.07, 6.45) is 2.47. The molecule has 0 aliphatic carbocycles. The lowest BCUT2D eigenvalue weighted by Gasteiger charge is -2.19. The monoisotopic (exact) mass is 402 g/mol. The molecule has 4 heteroatoms. The zero-order valence-electron chi connectivity index (χ0n) is 17.6. The fourth-order valence-electron chi connectivity index (χ4n) is 3.44. The van der Waals surface area contributed by atoms with Crippen molar-refractivity contribution >= 4 is 11.9 Å². The normalized spacial score (nSPS) is 10.5. The number of benzene rings is 3. The van der Waals surface area contributed by atoms with Gasteiger partial charge in [-0.3, -0.25) is 0 Å². The second-order valence-electron chi connectivity index (χ2n) is 7.10. The van der Waals surface area contributed by atoms with E-state index in [0.717, 1.165) is 29.5 Å². The van der Waals surface area contributed by atoms with Gasteiger partial charge in [0.1, 0.15) is 0 Å². The summed E-state index contributed by atoms with van der Waals surface area (Å²) in [6, 6.07) is 19.6. The van der Waals surface area contributed by atoms with Crippen LogP contribution in [-0.2, 0) is 12.8 Å². The Hall–Kier alpha value is -3.40. The molecular formula is C26H26O4. The second-order valence-corrected chi connectivity index (χ2v) is 7.10. The number of carbonyl (C=O) groups excluding carboxylic acids is 2. The van der Waals surface area contributed by atoms with E-state index in [0.29, 0.717) is 29.0 Å². The molecule has 0 aliphatic heterocycles. The van der Waals surface area contributed by atoms with Crippen molar-refractivity contribution in [3.8, 4) is 11.5 Å². The first-order valence-electron chi connectivity index (χ1n) is 10.2. The van der Waals surface area contributed by atoms with Crippen molar-refractivity contribution in [1.29, 1.82) is 0 Å². The van der Waals surface area contributed by atoms with Crippen LogP contribution in [0.4, 0.5) is 0 Å². The molecule has 0 bridgehead atoms. The first-order valence-corrected chi connectivity index (χ1v) is 10.2. The fourth-order valence-corrected chi connectivity index (χ4v) is 3.44. The Morgan fingerprint density at radius 2 is 1.27 bits per heavy atom. The van der Waals surface area contributed by atoms with Gasteiger partial charge in [-0.25, -0.2) is 9.59 Å². The summed E-state index contributed by atoms with van der Waals surface area (Å²) >= 11 is 0. The van der Waals surface area contributed by atoms with E-state index in [4.69, 9.17) is 9.47 Å². The van der Waals surface area contributed by atoms with Crippen LogP contribution in [-0.4, -0.2) is 11.9 Å². The Bertz CT molecular complexity index is 1020. The molecule has 0 radical (unpaired) electrons. The lowest BCUT2D eigenvalue weighted by Crippen LogP contribution is -2.15. The molecule has 0 saturated heterocycles. The maximum absolute atomic E-state index is 12.8. The summed E-state index contributed by atoms with van der Waals surface area (Å²) in [5.74, 6) is -0.333. The lowest BCUT2D eigenvalue weighted by atomic mass is 9.96.